The Morgan fingerprint density at radius 3 is 2.86 bits per heavy atom. The third-order valence-electron chi connectivity index (χ3n) is 9.06. The number of aromatic amines is 1. The van der Waals surface area contributed by atoms with Crippen LogP contribution < -0.4 is 10.1 Å². The number of fused-ring (bicyclic) bond motifs is 2. The highest BCUT2D eigenvalue weighted by atomic mass is 35.5. The first-order chi connectivity index (χ1) is 24.4. The van der Waals surface area contributed by atoms with Gasteiger partial charge in [-0.3, -0.25) is 14.8 Å². The van der Waals surface area contributed by atoms with Crippen LogP contribution in [0.25, 0.3) is 27.8 Å². The SMILES string of the molecule is Cc1n[nH]c2ncc(NC(=O)c3ccc4c(c3)nc(CN3CC=C(c5cccc(OCc6ccc(Cl)cc6F)n5)CC3)n4C[C@@H]3CCO3)nc12. The number of aromatic nitrogens is 7. The lowest BCUT2D eigenvalue weighted by atomic mass is 10.0. The fourth-order valence-electron chi connectivity index (χ4n) is 6.19. The van der Waals surface area contributed by atoms with E-state index in [9.17, 15) is 9.18 Å². The fraction of sp³-hybridized carbons (Fsp3) is 0.278. The van der Waals surface area contributed by atoms with Crippen molar-refractivity contribution in [2.24, 2.45) is 0 Å². The lowest BCUT2D eigenvalue weighted by Gasteiger charge is -2.29. The van der Waals surface area contributed by atoms with Crippen LogP contribution in [0.2, 0.25) is 5.02 Å². The predicted octanol–water partition coefficient (Wildman–Crippen LogP) is 6.11. The van der Waals surface area contributed by atoms with Crippen molar-refractivity contribution in [2.75, 3.05) is 25.0 Å². The molecule has 0 unspecified atom stereocenters. The summed E-state index contributed by atoms with van der Waals surface area (Å²) >= 11 is 5.87. The Kier molecular flexibility index (Phi) is 8.69. The smallest absolute Gasteiger partial charge is 0.256 e. The molecule has 14 heteroatoms. The lowest BCUT2D eigenvalue weighted by molar-refractivity contribution is -0.0591. The molecular weight excluding hydrogens is 661 g/mol. The zero-order valence-corrected chi connectivity index (χ0v) is 28.0. The van der Waals surface area contributed by atoms with Gasteiger partial charge in [0.05, 0.1) is 47.8 Å². The van der Waals surface area contributed by atoms with Crippen molar-refractivity contribution in [1.29, 1.82) is 0 Å². The molecule has 0 aliphatic carbocycles. The van der Waals surface area contributed by atoms with Crippen molar-refractivity contribution < 1.29 is 18.7 Å². The summed E-state index contributed by atoms with van der Waals surface area (Å²) in [5, 5.41) is 10.1. The second-order valence-electron chi connectivity index (χ2n) is 12.4. The van der Waals surface area contributed by atoms with E-state index in [0.29, 0.717) is 57.8 Å². The van der Waals surface area contributed by atoms with Gasteiger partial charge in [0.1, 0.15) is 23.8 Å². The number of imidazole rings is 1. The molecule has 1 atom stereocenters. The first kappa shape index (κ1) is 32.0. The number of rotatable bonds is 10. The number of H-pyrrole nitrogens is 1. The lowest BCUT2D eigenvalue weighted by Crippen LogP contribution is -2.33. The van der Waals surface area contributed by atoms with Crippen LogP contribution in [-0.4, -0.2) is 71.3 Å². The molecule has 4 aromatic heterocycles. The second kappa shape index (κ2) is 13.6. The molecule has 6 heterocycles. The van der Waals surface area contributed by atoms with Gasteiger partial charge in [-0.05, 0) is 61.7 Å². The summed E-state index contributed by atoms with van der Waals surface area (Å²) in [6.45, 7) is 5.52. The Balaban J connectivity index is 0.965. The molecule has 0 radical (unpaired) electrons. The van der Waals surface area contributed by atoms with E-state index >= 15 is 0 Å². The molecule has 1 saturated heterocycles. The largest absolute Gasteiger partial charge is 0.473 e. The van der Waals surface area contributed by atoms with E-state index in [1.807, 2.05) is 37.3 Å². The van der Waals surface area contributed by atoms with E-state index in [2.05, 4.69) is 41.0 Å². The Bertz CT molecular complexity index is 2260. The van der Waals surface area contributed by atoms with Crippen molar-refractivity contribution in [3.8, 4) is 5.88 Å². The topological polar surface area (TPSA) is 136 Å². The van der Waals surface area contributed by atoms with Crippen LogP contribution in [0.1, 0.15) is 46.0 Å². The van der Waals surface area contributed by atoms with Crippen LogP contribution >= 0.6 is 11.6 Å². The summed E-state index contributed by atoms with van der Waals surface area (Å²) < 4.78 is 28.0. The quantitative estimate of drug-likeness (QED) is 0.174. The predicted molar refractivity (Wildman–Crippen MR) is 186 cm³/mol. The molecule has 6 aromatic rings. The number of hydrogen-bond acceptors (Lipinski definition) is 9. The summed E-state index contributed by atoms with van der Waals surface area (Å²) in [4.78, 5) is 34.1. The van der Waals surface area contributed by atoms with Crippen molar-refractivity contribution in [2.45, 2.75) is 45.6 Å². The number of aryl methyl sites for hydroxylation is 1. The average Bonchev–Trinajstić information content (AvgIpc) is 3.64. The van der Waals surface area contributed by atoms with E-state index in [1.54, 1.807) is 18.2 Å². The minimum absolute atomic E-state index is 0.0576. The number of amides is 1. The minimum Gasteiger partial charge on any atom is -0.473 e. The second-order valence-corrected chi connectivity index (χ2v) is 12.9. The molecule has 2 aliphatic rings. The number of carbonyl (C=O) groups is 1. The Hall–Kier alpha value is -5.24. The molecule has 12 nitrogen and oxygen atoms in total. The summed E-state index contributed by atoms with van der Waals surface area (Å²) in [5.41, 5.74) is 6.44. The molecule has 2 N–H and O–H groups in total. The van der Waals surface area contributed by atoms with E-state index in [4.69, 9.17) is 31.0 Å². The maximum atomic E-state index is 14.2. The van der Waals surface area contributed by atoms with Gasteiger partial charge in [0.2, 0.25) is 5.88 Å². The number of carbonyl (C=O) groups excluding carboxylic acids is 1. The molecule has 2 aromatic carbocycles. The van der Waals surface area contributed by atoms with Crippen LogP contribution in [0.3, 0.4) is 0 Å². The summed E-state index contributed by atoms with van der Waals surface area (Å²) in [6, 6.07) is 15.7. The highest BCUT2D eigenvalue weighted by molar-refractivity contribution is 6.30. The fourth-order valence-corrected chi connectivity index (χ4v) is 6.35. The number of benzene rings is 2. The monoisotopic (exact) mass is 693 g/mol. The summed E-state index contributed by atoms with van der Waals surface area (Å²) in [6.07, 6.45) is 5.63. The van der Waals surface area contributed by atoms with Crippen molar-refractivity contribution in [3.63, 3.8) is 0 Å². The number of nitrogens with zero attached hydrogens (tertiary/aromatic N) is 7. The highest BCUT2D eigenvalue weighted by Gasteiger charge is 2.24. The van der Waals surface area contributed by atoms with Crippen molar-refractivity contribution in [1.82, 2.24) is 39.6 Å². The maximum Gasteiger partial charge on any atom is 0.256 e. The van der Waals surface area contributed by atoms with Gasteiger partial charge in [-0.15, -0.1) is 0 Å². The normalized spacial score (nSPS) is 16.4. The molecule has 0 saturated carbocycles. The molecule has 254 valence electrons. The van der Waals surface area contributed by atoms with Crippen LogP contribution in [0, 0.1) is 12.7 Å². The number of anilines is 1. The van der Waals surface area contributed by atoms with Gasteiger partial charge in [-0.1, -0.05) is 29.8 Å². The number of pyridine rings is 1. The van der Waals surface area contributed by atoms with E-state index in [-0.39, 0.29) is 18.6 Å². The molecule has 1 fully saturated rings. The van der Waals surface area contributed by atoms with E-state index in [0.717, 1.165) is 60.7 Å². The van der Waals surface area contributed by atoms with Crippen LogP contribution in [0.5, 0.6) is 5.88 Å². The van der Waals surface area contributed by atoms with Crippen LogP contribution in [0.4, 0.5) is 10.2 Å². The van der Waals surface area contributed by atoms with E-state index < -0.39 is 5.82 Å². The third-order valence-corrected chi connectivity index (χ3v) is 9.29. The van der Waals surface area contributed by atoms with Gasteiger partial charge in [0, 0.05) is 41.9 Å². The molecule has 0 bridgehead atoms. The molecule has 1 amide bonds. The Morgan fingerprint density at radius 2 is 2.06 bits per heavy atom. The first-order valence-electron chi connectivity index (χ1n) is 16.4. The number of ether oxygens (including phenoxy) is 2. The van der Waals surface area contributed by atoms with Crippen molar-refractivity contribution in [3.05, 3.63) is 106 Å². The first-order valence-corrected chi connectivity index (χ1v) is 16.8. The Morgan fingerprint density at radius 1 is 1.16 bits per heavy atom. The van der Waals surface area contributed by atoms with Crippen LogP contribution in [-0.2, 0) is 24.4 Å². The van der Waals surface area contributed by atoms with Gasteiger partial charge in [-0.25, -0.2) is 24.3 Å². The minimum atomic E-state index is -0.409. The average molecular weight is 694 g/mol. The van der Waals surface area contributed by atoms with Gasteiger partial charge >= 0.3 is 0 Å². The van der Waals surface area contributed by atoms with Gasteiger partial charge in [-0.2, -0.15) is 5.10 Å². The van der Waals surface area contributed by atoms with Crippen molar-refractivity contribution >= 4 is 51.1 Å². The zero-order chi connectivity index (χ0) is 34.2. The third kappa shape index (κ3) is 6.67. The molecule has 50 heavy (non-hydrogen) atoms. The number of hydrogen-bond donors (Lipinski definition) is 2. The van der Waals surface area contributed by atoms with Gasteiger partial charge in [0.25, 0.3) is 5.91 Å². The summed E-state index contributed by atoms with van der Waals surface area (Å²) in [5.74, 6) is 0.991. The van der Waals surface area contributed by atoms with Gasteiger partial charge < -0.3 is 19.4 Å². The maximum absolute atomic E-state index is 14.2. The highest BCUT2D eigenvalue weighted by Crippen LogP contribution is 2.27. The Labute approximate surface area is 291 Å². The molecule has 8 rings (SSSR count). The van der Waals surface area contributed by atoms with Crippen LogP contribution in [0.15, 0.2) is 66.9 Å². The molecule has 2 aliphatic heterocycles. The standard InChI is InChI=1S/C36H33ClFN9O3/c1-21-34-35(45-44-21)39-17-31(42-34)43-36(48)23-6-8-30-29(15-23)40-32(47(30)18-26-11-14-49-26)19-46-12-9-22(10-13-46)28-3-2-4-33(41-28)50-20-24-5-7-25(37)16-27(24)38/h2-9,15-17,26H,10-14,18-20H2,1H3,(H,39,44,45)(H,42,43,48)/t26-/m0/s1. The van der Waals surface area contributed by atoms with Gasteiger partial charge in [0.15, 0.2) is 11.5 Å². The van der Waals surface area contributed by atoms with E-state index in [1.165, 1.54) is 12.3 Å². The summed E-state index contributed by atoms with van der Waals surface area (Å²) in [7, 11) is 0. The number of halogens is 2. The number of nitrogens with one attached hydrogen (secondary N) is 2. The zero-order valence-electron chi connectivity index (χ0n) is 27.2. The molecular formula is C36H33ClFN9O3. The molecule has 0 spiro atoms.